The third kappa shape index (κ3) is 4.21. The van der Waals surface area contributed by atoms with Gasteiger partial charge in [-0.05, 0) is 66.0 Å². The summed E-state index contributed by atoms with van der Waals surface area (Å²) in [6.07, 6.45) is 10.3. The topological polar surface area (TPSA) is 58.9 Å². The Morgan fingerprint density at radius 2 is 1.56 bits per heavy atom. The number of hydrogen-bond donors (Lipinski definition) is 0. The summed E-state index contributed by atoms with van der Waals surface area (Å²) in [6.45, 7) is 13.2. The summed E-state index contributed by atoms with van der Waals surface area (Å²) >= 11 is 0. The third-order valence-corrected chi connectivity index (χ3v) is 7.59. The lowest BCUT2D eigenvalue weighted by Crippen LogP contribution is -2.47. The van der Waals surface area contributed by atoms with Crippen LogP contribution in [0.1, 0.15) is 56.9 Å². The molecule has 3 rings (SSSR count). The van der Waals surface area contributed by atoms with Gasteiger partial charge in [0.15, 0.2) is 0 Å². The first-order valence-electron chi connectivity index (χ1n) is 10.8. The van der Waals surface area contributed by atoms with Crippen molar-refractivity contribution in [2.75, 3.05) is 0 Å². The zero-order valence-electron chi connectivity index (χ0n) is 19.7. The number of hydrogen-bond acceptors (Lipinski definition) is 4. The predicted octanol–water partition coefficient (Wildman–Crippen LogP) is 6.97. The van der Waals surface area contributed by atoms with E-state index in [0.29, 0.717) is 11.4 Å². The molecule has 0 heterocycles. The number of allylic oxidation sites excluding steroid dienone is 1. The van der Waals surface area contributed by atoms with Crippen LogP contribution in [0.3, 0.4) is 0 Å². The number of aryl methyl sites for hydroxylation is 1. The van der Waals surface area contributed by atoms with Crippen LogP contribution in [0.4, 0.5) is 5.69 Å². The molecule has 4 nitrogen and oxygen atoms in total. The molecule has 0 saturated heterocycles. The van der Waals surface area contributed by atoms with Crippen LogP contribution in [-0.4, -0.2) is 12.2 Å². The van der Waals surface area contributed by atoms with Crippen molar-refractivity contribution in [3.63, 3.8) is 0 Å². The molecule has 0 bridgehead atoms. The molecule has 0 amide bonds. The number of carbonyl (C=O) groups excluding carboxylic acids is 2. The van der Waals surface area contributed by atoms with Crippen LogP contribution in [0.5, 0.6) is 0 Å². The van der Waals surface area contributed by atoms with Crippen molar-refractivity contribution in [3.8, 4) is 0 Å². The summed E-state index contributed by atoms with van der Waals surface area (Å²) in [5.41, 5.74) is 4.52. The number of aliphatic imine (C=N–C) groups is 2. The van der Waals surface area contributed by atoms with Crippen LogP contribution in [0.15, 0.2) is 64.2 Å². The third-order valence-electron chi connectivity index (χ3n) is 7.59. The fraction of sp³-hybridized carbons (Fsp3) is 0.357. The maximum absolute atomic E-state index is 11.4. The Balaban J connectivity index is 2.12. The average molecular weight is 427 g/mol. The summed E-state index contributed by atoms with van der Waals surface area (Å²) in [7, 11) is 0. The van der Waals surface area contributed by atoms with Gasteiger partial charge in [0.1, 0.15) is 0 Å². The summed E-state index contributed by atoms with van der Waals surface area (Å²) in [5.74, 6) is 0. The average Bonchev–Trinajstić information content (AvgIpc) is 2.87. The van der Waals surface area contributed by atoms with E-state index in [9.17, 15) is 9.59 Å². The Kier molecular flexibility index (Phi) is 6.32. The molecule has 1 atom stereocenters. The lowest BCUT2D eigenvalue weighted by atomic mass is 9.51. The van der Waals surface area contributed by atoms with Crippen LogP contribution in [0.25, 0.3) is 12.2 Å². The quantitative estimate of drug-likeness (QED) is 0.370. The van der Waals surface area contributed by atoms with Gasteiger partial charge in [-0.15, -0.1) is 0 Å². The van der Waals surface area contributed by atoms with Crippen molar-refractivity contribution in [1.82, 2.24) is 0 Å². The smallest absolute Gasteiger partial charge is 0.211 e. The molecule has 0 saturated carbocycles. The summed E-state index contributed by atoms with van der Waals surface area (Å²) in [6, 6.07) is 14.2. The van der Waals surface area contributed by atoms with E-state index in [2.05, 4.69) is 87.9 Å². The fourth-order valence-electron chi connectivity index (χ4n) is 4.47. The second kappa shape index (κ2) is 8.67. The van der Waals surface area contributed by atoms with Gasteiger partial charge in [0.05, 0.1) is 11.4 Å². The molecule has 0 N–H and O–H groups in total. The van der Waals surface area contributed by atoms with Crippen molar-refractivity contribution >= 4 is 30.0 Å². The van der Waals surface area contributed by atoms with E-state index in [1.165, 1.54) is 11.1 Å². The first kappa shape index (κ1) is 23.3. The second-order valence-electron chi connectivity index (χ2n) is 9.96. The van der Waals surface area contributed by atoms with Gasteiger partial charge in [-0.25, -0.2) is 9.59 Å². The molecule has 0 fully saturated rings. The SMILES string of the molecule is Cc1ccc(CC(C)(C)C(C)(C)C2(C)C=Cc3ccc(N=C=O)cc3C=C2N=C=O)cc1. The summed E-state index contributed by atoms with van der Waals surface area (Å²) in [4.78, 5) is 30.0. The van der Waals surface area contributed by atoms with Crippen molar-refractivity contribution in [3.05, 3.63) is 76.5 Å². The second-order valence-corrected chi connectivity index (χ2v) is 9.96. The van der Waals surface area contributed by atoms with Gasteiger partial charge in [-0.3, -0.25) is 0 Å². The molecular weight excluding hydrogens is 396 g/mol. The van der Waals surface area contributed by atoms with Gasteiger partial charge in [0.25, 0.3) is 0 Å². The highest BCUT2D eigenvalue weighted by Crippen LogP contribution is 2.58. The van der Waals surface area contributed by atoms with E-state index in [-0.39, 0.29) is 10.8 Å². The molecule has 1 aliphatic carbocycles. The zero-order valence-corrected chi connectivity index (χ0v) is 19.7. The van der Waals surface area contributed by atoms with Crippen molar-refractivity contribution in [2.24, 2.45) is 26.2 Å². The zero-order chi connectivity index (χ0) is 23.6. The van der Waals surface area contributed by atoms with Gasteiger partial charge in [-0.2, -0.15) is 9.98 Å². The first-order valence-corrected chi connectivity index (χ1v) is 10.8. The minimum absolute atomic E-state index is 0.137. The molecule has 32 heavy (non-hydrogen) atoms. The van der Waals surface area contributed by atoms with Crippen LogP contribution < -0.4 is 0 Å². The number of benzene rings is 2. The number of rotatable bonds is 6. The van der Waals surface area contributed by atoms with Crippen molar-refractivity contribution in [2.45, 2.75) is 48.0 Å². The molecule has 4 heteroatoms. The molecule has 0 spiro atoms. The molecule has 0 aliphatic heterocycles. The molecule has 2 aromatic carbocycles. The Hall–Kier alpha value is -3.32. The molecular formula is C28H30N2O2. The van der Waals surface area contributed by atoms with Gasteiger partial charge >= 0.3 is 0 Å². The van der Waals surface area contributed by atoms with Crippen LogP contribution in [-0.2, 0) is 16.0 Å². The van der Waals surface area contributed by atoms with E-state index in [1.54, 1.807) is 24.3 Å². The minimum Gasteiger partial charge on any atom is -0.211 e. The van der Waals surface area contributed by atoms with Crippen molar-refractivity contribution in [1.29, 1.82) is 0 Å². The highest BCUT2D eigenvalue weighted by Gasteiger charge is 2.51. The van der Waals surface area contributed by atoms with Gasteiger partial charge in [-0.1, -0.05) is 75.7 Å². The molecule has 1 unspecified atom stereocenters. The molecule has 0 radical (unpaired) electrons. The predicted molar refractivity (Wildman–Crippen MR) is 130 cm³/mol. The van der Waals surface area contributed by atoms with E-state index in [4.69, 9.17) is 0 Å². The summed E-state index contributed by atoms with van der Waals surface area (Å²) < 4.78 is 0. The Morgan fingerprint density at radius 1 is 0.906 bits per heavy atom. The van der Waals surface area contributed by atoms with E-state index < -0.39 is 5.41 Å². The van der Waals surface area contributed by atoms with E-state index in [1.807, 2.05) is 12.1 Å². The van der Waals surface area contributed by atoms with Crippen LogP contribution >= 0.6 is 0 Å². The van der Waals surface area contributed by atoms with E-state index in [0.717, 1.165) is 17.5 Å². The van der Waals surface area contributed by atoms with E-state index >= 15 is 0 Å². The molecule has 2 aromatic rings. The monoisotopic (exact) mass is 426 g/mol. The van der Waals surface area contributed by atoms with Gasteiger partial charge in [0, 0.05) is 5.41 Å². The molecule has 0 aromatic heterocycles. The van der Waals surface area contributed by atoms with Gasteiger partial charge < -0.3 is 0 Å². The fourth-order valence-corrected chi connectivity index (χ4v) is 4.47. The first-order chi connectivity index (χ1) is 15.0. The summed E-state index contributed by atoms with van der Waals surface area (Å²) in [5, 5.41) is 0. The van der Waals surface area contributed by atoms with Crippen LogP contribution in [0, 0.1) is 23.2 Å². The Morgan fingerprint density at radius 3 is 2.19 bits per heavy atom. The van der Waals surface area contributed by atoms with Crippen LogP contribution in [0.2, 0.25) is 0 Å². The maximum Gasteiger partial charge on any atom is 0.240 e. The Labute approximate surface area is 190 Å². The maximum atomic E-state index is 11.4. The normalized spacial score (nSPS) is 18.0. The number of fused-ring (bicyclic) bond motifs is 1. The highest BCUT2D eigenvalue weighted by molar-refractivity contribution is 5.74. The minimum atomic E-state index is -0.550. The standard InChI is InChI=1S/C28H30N2O2/c1-20-7-9-21(10-8-20)17-26(2,3)27(4,5)28(6)14-13-22-11-12-24(29-18-31)15-23(22)16-25(28)30-19-32/h7-16H,17H2,1-6H3. The number of nitrogens with zero attached hydrogens (tertiary/aromatic N) is 2. The lowest BCUT2D eigenvalue weighted by Gasteiger charge is -2.52. The Bertz CT molecular complexity index is 1170. The highest BCUT2D eigenvalue weighted by atomic mass is 16.1. The molecule has 164 valence electrons. The lowest BCUT2D eigenvalue weighted by molar-refractivity contribution is 0.0221. The van der Waals surface area contributed by atoms with Gasteiger partial charge in [0.2, 0.25) is 12.2 Å². The van der Waals surface area contributed by atoms with Crippen molar-refractivity contribution < 1.29 is 9.59 Å². The largest absolute Gasteiger partial charge is 0.240 e. The molecule has 1 aliphatic rings. The number of isocyanates is 2.